The van der Waals surface area contributed by atoms with Crippen LogP contribution < -0.4 is 11.1 Å². The van der Waals surface area contributed by atoms with Crippen molar-refractivity contribution in [1.82, 2.24) is 5.32 Å². The van der Waals surface area contributed by atoms with Crippen LogP contribution in [0, 0.1) is 0 Å². The Labute approximate surface area is 126 Å². The Bertz CT molecular complexity index is 543. The summed E-state index contributed by atoms with van der Waals surface area (Å²) in [5.74, 6) is -0.383. The zero-order chi connectivity index (χ0) is 15.9. The first-order chi connectivity index (χ1) is 9.83. The Morgan fingerprint density at radius 2 is 1.86 bits per heavy atom. The van der Waals surface area contributed by atoms with Crippen molar-refractivity contribution in [3.8, 4) is 0 Å². The number of carbonyl (C=O) groups excluding carboxylic acids is 1. The molecule has 0 aromatic heterocycles. The molecule has 3 N–H and O–H groups in total. The minimum absolute atomic E-state index is 0.0780. The molecule has 0 saturated carbocycles. The highest BCUT2D eigenvalue weighted by Crippen LogP contribution is 2.18. The van der Waals surface area contributed by atoms with E-state index < -0.39 is 15.9 Å². The summed E-state index contributed by atoms with van der Waals surface area (Å²) >= 11 is 0. The van der Waals surface area contributed by atoms with Gasteiger partial charge in [-0.15, -0.1) is 0 Å². The first kappa shape index (κ1) is 17.7. The number of benzene rings is 1. The van der Waals surface area contributed by atoms with E-state index in [9.17, 15) is 13.2 Å². The standard InChI is InChI=1S/C15H24N2O3S/c1-3-7-14(12-8-5-4-6-9-12)17-15(18)13(16)10-11-21(2,19)20/h4-6,8-9,13-14H,3,7,10-11,16H2,1-2H3,(H,17,18). The fraction of sp³-hybridized carbons (Fsp3) is 0.533. The van der Waals surface area contributed by atoms with Crippen molar-refractivity contribution in [1.29, 1.82) is 0 Å². The summed E-state index contributed by atoms with van der Waals surface area (Å²) in [6.45, 7) is 2.05. The summed E-state index contributed by atoms with van der Waals surface area (Å²) in [5, 5.41) is 2.91. The summed E-state index contributed by atoms with van der Waals surface area (Å²) in [4.78, 5) is 12.1. The first-order valence-electron chi connectivity index (χ1n) is 7.12. The molecule has 0 radical (unpaired) electrons. The number of rotatable bonds is 8. The predicted octanol–water partition coefficient (Wildman–Crippen LogP) is 1.41. The molecule has 2 atom stereocenters. The number of hydrogen-bond acceptors (Lipinski definition) is 4. The molecular weight excluding hydrogens is 288 g/mol. The van der Waals surface area contributed by atoms with E-state index in [4.69, 9.17) is 5.73 Å². The molecule has 0 bridgehead atoms. The molecular formula is C15H24N2O3S. The van der Waals surface area contributed by atoms with Gasteiger partial charge in [-0.05, 0) is 18.4 Å². The van der Waals surface area contributed by atoms with Gasteiger partial charge < -0.3 is 11.1 Å². The summed E-state index contributed by atoms with van der Waals surface area (Å²) < 4.78 is 22.2. The van der Waals surface area contributed by atoms with Gasteiger partial charge in [0.25, 0.3) is 0 Å². The van der Waals surface area contributed by atoms with Crippen molar-refractivity contribution in [2.45, 2.75) is 38.3 Å². The van der Waals surface area contributed by atoms with E-state index in [2.05, 4.69) is 5.32 Å². The maximum atomic E-state index is 12.1. The van der Waals surface area contributed by atoms with Gasteiger partial charge in [0.05, 0.1) is 17.8 Å². The maximum absolute atomic E-state index is 12.1. The predicted molar refractivity (Wildman–Crippen MR) is 84.5 cm³/mol. The number of nitrogens with one attached hydrogen (secondary N) is 1. The van der Waals surface area contributed by atoms with E-state index >= 15 is 0 Å². The van der Waals surface area contributed by atoms with Gasteiger partial charge in [-0.3, -0.25) is 4.79 Å². The molecule has 2 unspecified atom stereocenters. The fourth-order valence-corrected chi connectivity index (χ4v) is 2.73. The lowest BCUT2D eigenvalue weighted by atomic mass is 10.0. The zero-order valence-corrected chi connectivity index (χ0v) is 13.4. The van der Waals surface area contributed by atoms with Crippen LogP contribution >= 0.6 is 0 Å². The third-order valence-electron chi connectivity index (χ3n) is 3.23. The van der Waals surface area contributed by atoms with Crippen molar-refractivity contribution in [2.24, 2.45) is 5.73 Å². The second-order valence-corrected chi connectivity index (χ2v) is 7.55. The molecule has 0 aliphatic carbocycles. The lowest BCUT2D eigenvalue weighted by Gasteiger charge is -2.21. The van der Waals surface area contributed by atoms with Crippen molar-refractivity contribution in [3.05, 3.63) is 35.9 Å². The molecule has 21 heavy (non-hydrogen) atoms. The second-order valence-electron chi connectivity index (χ2n) is 5.29. The Morgan fingerprint density at radius 1 is 1.24 bits per heavy atom. The van der Waals surface area contributed by atoms with Crippen LogP contribution in [-0.2, 0) is 14.6 Å². The molecule has 0 saturated heterocycles. The lowest BCUT2D eigenvalue weighted by molar-refractivity contribution is -0.123. The molecule has 6 heteroatoms. The molecule has 0 aliphatic rings. The number of sulfone groups is 1. The van der Waals surface area contributed by atoms with Crippen molar-refractivity contribution in [2.75, 3.05) is 12.0 Å². The number of hydrogen-bond donors (Lipinski definition) is 2. The van der Waals surface area contributed by atoms with Gasteiger partial charge in [0.15, 0.2) is 0 Å². The van der Waals surface area contributed by atoms with Crippen molar-refractivity contribution < 1.29 is 13.2 Å². The normalized spacial score (nSPS) is 14.4. The topological polar surface area (TPSA) is 89.3 Å². The minimum Gasteiger partial charge on any atom is -0.348 e. The maximum Gasteiger partial charge on any atom is 0.237 e. The van der Waals surface area contributed by atoms with Crippen molar-refractivity contribution in [3.63, 3.8) is 0 Å². The van der Waals surface area contributed by atoms with Crippen LogP contribution in [0.2, 0.25) is 0 Å². The Hall–Kier alpha value is -1.40. The quantitative estimate of drug-likeness (QED) is 0.759. The minimum atomic E-state index is -3.10. The third-order valence-corrected chi connectivity index (χ3v) is 4.21. The molecule has 1 aromatic carbocycles. The van der Waals surface area contributed by atoms with Crippen LogP contribution in [-0.4, -0.2) is 32.4 Å². The van der Waals surface area contributed by atoms with Gasteiger partial charge in [0.1, 0.15) is 9.84 Å². The largest absolute Gasteiger partial charge is 0.348 e. The van der Waals surface area contributed by atoms with Crippen molar-refractivity contribution >= 4 is 15.7 Å². The van der Waals surface area contributed by atoms with Crippen LogP contribution in [0.1, 0.15) is 37.8 Å². The van der Waals surface area contributed by atoms with Crippen LogP contribution in [0.25, 0.3) is 0 Å². The zero-order valence-electron chi connectivity index (χ0n) is 12.6. The smallest absolute Gasteiger partial charge is 0.237 e. The molecule has 0 heterocycles. The van der Waals surface area contributed by atoms with E-state index in [1.165, 1.54) is 0 Å². The molecule has 1 amide bonds. The highest BCUT2D eigenvalue weighted by atomic mass is 32.2. The molecule has 5 nitrogen and oxygen atoms in total. The molecule has 0 fully saturated rings. The third kappa shape index (κ3) is 6.73. The van der Waals surface area contributed by atoms with Gasteiger partial charge >= 0.3 is 0 Å². The van der Waals surface area contributed by atoms with Gasteiger partial charge in [0, 0.05) is 6.26 Å². The van der Waals surface area contributed by atoms with Gasteiger partial charge in [-0.25, -0.2) is 8.42 Å². The highest BCUT2D eigenvalue weighted by molar-refractivity contribution is 7.90. The summed E-state index contributed by atoms with van der Waals surface area (Å²) in [7, 11) is -3.10. The average Bonchev–Trinajstić information content (AvgIpc) is 2.44. The first-order valence-corrected chi connectivity index (χ1v) is 9.18. The van der Waals surface area contributed by atoms with E-state index in [0.29, 0.717) is 0 Å². The van der Waals surface area contributed by atoms with Crippen LogP contribution in [0.15, 0.2) is 30.3 Å². The fourth-order valence-electron chi connectivity index (χ4n) is 2.05. The Balaban J connectivity index is 2.64. The second kappa shape index (κ2) is 8.14. The van der Waals surface area contributed by atoms with E-state index in [1.807, 2.05) is 37.3 Å². The number of carbonyl (C=O) groups is 1. The summed E-state index contributed by atoms with van der Waals surface area (Å²) in [5.41, 5.74) is 6.80. The molecule has 0 aliphatic heterocycles. The van der Waals surface area contributed by atoms with E-state index in [0.717, 1.165) is 24.7 Å². The summed E-state index contributed by atoms with van der Waals surface area (Å²) in [6.07, 6.45) is 3.02. The average molecular weight is 312 g/mol. The van der Waals surface area contributed by atoms with Crippen LogP contribution in [0.5, 0.6) is 0 Å². The molecule has 0 spiro atoms. The molecule has 118 valence electrons. The molecule has 1 aromatic rings. The van der Waals surface area contributed by atoms with Gasteiger partial charge in [-0.1, -0.05) is 43.7 Å². The Morgan fingerprint density at radius 3 is 2.38 bits per heavy atom. The Kier molecular flexibility index (Phi) is 6.84. The SMILES string of the molecule is CCCC(NC(=O)C(N)CCS(C)(=O)=O)c1ccccc1. The van der Waals surface area contributed by atoms with E-state index in [1.54, 1.807) is 0 Å². The number of nitrogens with two attached hydrogens (primary N) is 1. The van der Waals surface area contributed by atoms with Gasteiger partial charge in [0.2, 0.25) is 5.91 Å². The molecule has 1 rings (SSSR count). The lowest BCUT2D eigenvalue weighted by Crippen LogP contribution is -2.43. The van der Waals surface area contributed by atoms with Crippen LogP contribution in [0.4, 0.5) is 0 Å². The number of amides is 1. The van der Waals surface area contributed by atoms with Crippen LogP contribution in [0.3, 0.4) is 0 Å². The monoisotopic (exact) mass is 312 g/mol. The van der Waals surface area contributed by atoms with E-state index in [-0.39, 0.29) is 24.1 Å². The summed E-state index contributed by atoms with van der Waals surface area (Å²) in [6, 6.07) is 8.80. The van der Waals surface area contributed by atoms with Gasteiger partial charge in [-0.2, -0.15) is 0 Å². The highest BCUT2D eigenvalue weighted by Gasteiger charge is 2.20.